The molecular formula is C31H35ClN2O2. The second-order valence-corrected chi connectivity index (χ2v) is 10.4. The molecule has 0 bridgehead atoms. The van der Waals surface area contributed by atoms with Crippen LogP contribution in [-0.4, -0.2) is 28.8 Å². The summed E-state index contributed by atoms with van der Waals surface area (Å²) in [7, 11) is 0. The van der Waals surface area contributed by atoms with E-state index in [2.05, 4.69) is 11.4 Å². The molecule has 1 aliphatic rings. The molecule has 5 heteroatoms. The summed E-state index contributed by atoms with van der Waals surface area (Å²) < 4.78 is 0. The minimum Gasteiger partial charge on any atom is -0.352 e. The molecule has 3 aromatic rings. The first-order valence-electron chi connectivity index (χ1n) is 12.8. The van der Waals surface area contributed by atoms with Crippen LogP contribution in [0.15, 0.2) is 72.8 Å². The zero-order valence-corrected chi connectivity index (χ0v) is 21.9. The molecule has 0 spiro atoms. The molecule has 188 valence electrons. The fourth-order valence-corrected chi connectivity index (χ4v) is 5.37. The van der Waals surface area contributed by atoms with Crippen molar-refractivity contribution in [2.45, 2.75) is 71.0 Å². The first kappa shape index (κ1) is 26.0. The molecule has 1 fully saturated rings. The lowest BCUT2D eigenvalue weighted by atomic mass is 10.00. The Morgan fingerprint density at radius 1 is 0.917 bits per heavy atom. The van der Waals surface area contributed by atoms with Gasteiger partial charge >= 0.3 is 0 Å². The zero-order valence-electron chi connectivity index (χ0n) is 21.2. The quantitative estimate of drug-likeness (QED) is 0.379. The molecule has 0 radical (unpaired) electrons. The number of hydrogen-bond acceptors (Lipinski definition) is 2. The molecule has 1 saturated carbocycles. The van der Waals surface area contributed by atoms with Crippen molar-refractivity contribution in [1.29, 1.82) is 0 Å². The number of nitrogens with zero attached hydrogens (tertiary/aromatic N) is 1. The van der Waals surface area contributed by atoms with Crippen molar-refractivity contribution in [2.75, 3.05) is 0 Å². The molecule has 2 amide bonds. The topological polar surface area (TPSA) is 49.4 Å². The Morgan fingerprint density at radius 3 is 2.22 bits per heavy atom. The standard InChI is InChI=1S/C31H35ClN2O2/c1-22-16-23(2)18-25(17-22)20-30(35)34(21-26-12-6-9-15-28(26)32)29(19-24-10-4-3-5-11-24)31(36)33-27-13-7-8-14-27/h3-6,9-12,15-18,27,29H,7-8,13-14,19-21H2,1-2H3,(H,33,36). The van der Waals surface area contributed by atoms with E-state index in [9.17, 15) is 9.59 Å². The minimum absolute atomic E-state index is 0.0811. The second kappa shape index (κ2) is 12.2. The summed E-state index contributed by atoms with van der Waals surface area (Å²) in [5.41, 5.74) is 5.05. The Kier molecular flexibility index (Phi) is 8.82. The van der Waals surface area contributed by atoms with Crippen LogP contribution in [0.5, 0.6) is 0 Å². The predicted molar refractivity (Wildman–Crippen MR) is 146 cm³/mol. The third kappa shape index (κ3) is 6.98. The Hall–Kier alpha value is -3.11. The van der Waals surface area contributed by atoms with E-state index in [-0.39, 0.29) is 30.8 Å². The fourth-order valence-electron chi connectivity index (χ4n) is 5.18. The summed E-state index contributed by atoms with van der Waals surface area (Å²) in [6.07, 6.45) is 4.92. The van der Waals surface area contributed by atoms with Crippen LogP contribution in [0.3, 0.4) is 0 Å². The van der Waals surface area contributed by atoms with Crippen molar-refractivity contribution < 1.29 is 9.59 Å². The number of hydrogen-bond donors (Lipinski definition) is 1. The van der Waals surface area contributed by atoms with Gasteiger partial charge in [0.2, 0.25) is 11.8 Å². The number of halogens is 1. The Bertz CT molecular complexity index is 1170. The van der Waals surface area contributed by atoms with Crippen molar-refractivity contribution in [3.8, 4) is 0 Å². The van der Waals surface area contributed by atoms with Crippen LogP contribution in [-0.2, 0) is 29.0 Å². The van der Waals surface area contributed by atoms with E-state index in [1.165, 1.54) is 0 Å². The summed E-state index contributed by atoms with van der Waals surface area (Å²) in [6, 6.07) is 23.2. The van der Waals surface area contributed by atoms with Gasteiger partial charge in [-0.3, -0.25) is 9.59 Å². The highest BCUT2D eigenvalue weighted by Gasteiger charge is 2.32. The van der Waals surface area contributed by atoms with Gasteiger partial charge in [0, 0.05) is 24.0 Å². The van der Waals surface area contributed by atoms with Gasteiger partial charge in [0.25, 0.3) is 0 Å². The highest BCUT2D eigenvalue weighted by atomic mass is 35.5. The Balaban J connectivity index is 1.68. The Morgan fingerprint density at radius 2 is 1.56 bits per heavy atom. The van der Waals surface area contributed by atoms with Crippen molar-refractivity contribution in [3.63, 3.8) is 0 Å². The van der Waals surface area contributed by atoms with Gasteiger partial charge < -0.3 is 10.2 Å². The smallest absolute Gasteiger partial charge is 0.243 e. The number of carbonyl (C=O) groups excluding carboxylic acids is 2. The highest BCUT2D eigenvalue weighted by molar-refractivity contribution is 6.31. The summed E-state index contributed by atoms with van der Waals surface area (Å²) in [5, 5.41) is 3.85. The SMILES string of the molecule is Cc1cc(C)cc(CC(=O)N(Cc2ccccc2Cl)C(Cc2ccccc2)C(=O)NC2CCCC2)c1. The third-order valence-electron chi connectivity index (χ3n) is 6.91. The highest BCUT2D eigenvalue weighted by Crippen LogP contribution is 2.23. The van der Waals surface area contributed by atoms with Crippen LogP contribution in [0.1, 0.15) is 53.5 Å². The molecule has 0 saturated heterocycles. The predicted octanol–water partition coefficient (Wildman–Crippen LogP) is 6.20. The van der Waals surface area contributed by atoms with Gasteiger partial charge in [-0.15, -0.1) is 0 Å². The number of rotatable bonds is 9. The summed E-state index contributed by atoms with van der Waals surface area (Å²) in [6.45, 7) is 4.35. The van der Waals surface area contributed by atoms with Gasteiger partial charge in [-0.1, -0.05) is 102 Å². The average molecular weight is 503 g/mol. The molecule has 36 heavy (non-hydrogen) atoms. The van der Waals surface area contributed by atoms with E-state index in [1.54, 1.807) is 4.90 Å². The van der Waals surface area contributed by atoms with Crippen LogP contribution in [0, 0.1) is 13.8 Å². The lowest BCUT2D eigenvalue weighted by Gasteiger charge is -2.33. The second-order valence-electron chi connectivity index (χ2n) is 9.98. The largest absolute Gasteiger partial charge is 0.352 e. The van der Waals surface area contributed by atoms with E-state index < -0.39 is 6.04 Å². The van der Waals surface area contributed by atoms with Crippen molar-refractivity contribution in [3.05, 3.63) is 106 Å². The van der Waals surface area contributed by atoms with Gasteiger partial charge in [-0.2, -0.15) is 0 Å². The normalized spacial score (nSPS) is 14.4. The van der Waals surface area contributed by atoms with Crippen LogP contribution >= 0.6 is 11.6 Å². The van der Waals surface area contributed by atoms with E-state index in [1.807, 2.05) is 80.6 Å². The van der Waals surface area contributed by atoms with Crippen LogP contribution in [0.4, 0.5) is 0 Å². The third-order valence-corrected chi connectivity index (χ3v) is 7.28. The zero-order chi connectivity index (χ0) is 25.5. The van der Waals surface area contributed by atoms with Crippen molar-refractivity contribution >= 4 is 23.4 Å². The number of nitrogens with one attached hydrogen (secondary N) is 1. The fraction of sp³-hybridized carbons (Fsp3) is 0.355. The molecule has 1 unspecified atom stereocenters. The monoisotopic (exact) mass is 502 g/mol. The summed E-state index contributed by atoms with van der Waals surface area (Å²) >= 11 is 6.52. The lowest BCUT2D eigenvalue weighted by Crippen LogP contribution is -2.52. The molecule has 0 heterocycles. The maximum atomic E-state index is 13.9. The van der Waals surface area contributed by atoms with E-state index in [0.29, 0.717) is 11.4 Å². The van der Waals surface area contributed by atoms with E-state index >= 15 is 0 Å². The molecule has 3 aromatic carbocycles. The number of aryl methyl sites for hydroxylation is 2. The van der Waals surface area contributed by atoms with Crippen molar-refractivity contribution in [2.24, 2.45) is 0 Å². The number of carbonyl (C=O) groups is 2. The van der Waals surface area contributed by atoms with Gasteiger partial charge in [0.15, 0.2) is 0 Å². The number of amides is 2. The van der Waals surface area contributed by atoms with Gasteiger partial charge in [-0.05, 0) is 49.4 Å². The molecule has 0 aliphatic heterocycles. The van der Waals surface area contributed by atoms with Crippen LogP contribution in [0.25, 0.3) is 0 Å². The van der Waals surface area contributed by atoms with E-state index in [0.717, 1.165) is 53.5 Å². The Labute approximate surface area is 219 Å². The number of benzene rings is 3. The van der Waals surface area contributed by atoms with Gasteiger partial charge in [0.05, 0.1) is 6.42 Å². The molecule has 1 atom stereocenters. The molecule has 4 nitrogen and oxygen atoms in total. The summed E-state index contributed by atoms with van der Waals surface area (Å²) in [4.78, 5) is 29.4. The lowest BCUT2D eigenvalue weighted by molar-refractivity contribution is -0.141. The first-order valence-corrected chi connectivity index (χ1v) is 13.2. The molecule has 4 rings (SSSR count). The average Bonchev–Trinajstić information content (AvgIpc) is 3.35. The molecule has 0 aromatic heterocycles. The molecule has 1 N–H and O–H groups in total. The van der Waals surface area contributed by atoms with E-state index in [4.69, 9.17) is 11.6 Å². The van der Waals surface area contributed by atoms with Crippen LogP contribution in [0.2, 0.25) is 5.02 Å². The molecular weight excluding hydrogens is 468 g/mol. The van der Waals surface area contributed by atoms with Gasteiger partial charge in [0.1, 0.15) is 6.04 Å². The maximum absolute atomic E-state index is 13.9. The van der Waals surface area contributed by atoms with Crippen LogP contribution < -0.4 is 5.32 Å². The summed E-state index contributed by atoms with van der Waals surface area (Å²) in [5.74, 6) is -0.172. The molecule has 1 aliphatic carbocycles. The first-order chi connectivity index (χ1) is 17.4. The maximum Gasteiger partial charge on any atom is 0.243 e. The van der Waals surface area contributed by atoms with Gasteiger partial charge in [-0.25, -0.2) is 0 Å². The minimum atomic E-state index is -0.636. The van der Waals surface area contributed by atoms with Crippen molar-refractivity contribution in [1.82, 2.24) is 10.2 Å².